The Morgan fingerprint density at radius 3 is 2.00 bits per heavy atom. The molecule has 0 rings (SSSR count). The third-order valence-electron chi connectivity index (χ3n) is 1.23. The highest BCUT2D eigenvalue weighted by molar-refractivity contribution is 8.00. The van der Waals surface area contributed by atoms with E-state index in [4.69, 9.17) is 0 Å². The molecule has 0 bridgehead atoms. The Morgan fingerprint density at radius 1 is 1.14 bits per heavy atom. The summed E-state index contributed by atoms with van der Waals surface area (Å²) in [6.45, 7) is 12.3. The number of amides is 2. The van der Waals surface area contributed by atoms with Crippen LogP contribution in [0.15, 0.2) is 0 Å². The SMILES string of the molecule is CC(C)(C)NC(=O)NCSC(C)(C)C. The number of rotatable bonds is 2. The van der Waals surface area contributed by atoms with Crippen molar-refractivity contribution in [2.45, 2.75) is 51.8 Å². The Kier molecular flexibility index (Phi) is 4.78. The first-order valence-corrected chi connectivity index (χ1v) is 5.79. The predicted octanol–water partition coefficient (Wildman–Crippen LogP) is 2.57. The van der Waals surface area contributed by atoms with Gasteiger partial charge in [0.1, 0.15) is 0 Å². The van der Waals surface area contributed by atoms with E-state index >= 15 is 0 Å². The van der Waals surface area contributed by atoms with Crippen LogP contribution in [0.4, 0.5) is 4.79 Å². The molecule has 3 nitrogen and oxygen atoms in total. The molecule has 0 aromatic heterocycles. The van der Waals surface area contributed by atoms with Gasteiger partial charge in [-0.2, -0.15) is 0 Å². The van der Waals surface area contributed by atoms with Crippen molar-refractivity contribution in [3.05, 3.63) is 0 Å². The van der Waals surface area contributed by atoms with Gasteiger partial charge < -0.3 is 10.6 Å². The van der Waals surface area contributed by atoms with Crippen LogP contribution in [-0.4, -0.2) is 22.2 Å². The Labute approximate surface area is 91.4 Å². The summed E-state index contributed by atoms with van der Waals surface area (Å²) >= 11 is 1.72. The summed E-state index contributed by atoms with van der Waals surface area (Å²) in [6, 6.07) is -0.103. The summed E-state index contributed by atoms with van der Waals surface area (Å²) in [5.41, 5.74) is -0.170. The second-order valence-corrected chi connectivity index (χ2v) is 7.08. The molecule has 0 aliphatic carbocycles. The maximum Gasteiger partial charge on any atom is 0.315 e. The Hall–Kier alpha value is -0.380. The molecule has 0 saturated carbocycles. The maximum atomic E-state index is 11.3. The fourth-order valence-electron chi connectivity index (χ4n) is 0.703. The molecule has 0 fully saturated rings. The smallest absolute Gasteiger partial charge is 0.315 e. The first-order chi connectivity index (χ1) is 6.10. The Morgan fingerprint density at radius 2 is 1.64 bits per heavy atom. The molecule has 14 heavy (non-hydrogen) atoms. The fraction of sp³-hybridized carbons (Fsp3) is 0.900. The van der Waals surface area contributed by atoms with E-state index < -0.39 is 0 Å². The van der Waals surface area contributed by atoms with Gasteiger partial charge in [0.15, 0.2) is 0 Å². The van der Waals surface area contributed by atoms with E-state index in [1.54, 1.807) is 11.8 Å². The van der Waals surface area contributed by atoms with Crippen LogP contribution in [0.1, 0.15) is 41.5 Å². The van der Waals surface area contributed by atoms with Gasteiger partial charge in [0.05, 0.1) is 5.88 Å². The van der Waals surface area contributed by atoms with Crippen molar-refractivity contribution in [2.75, 3.05) is 5.88 Å². The van der Waals surface area contributed by atoms with Crippen molar-refractivity contribution in [1.82, 2.24) is 10.6 Å². The van der Waals surface area contributed by atoms with Crippen molar-refractivity contribution in [2.24, 2.45) is 0 Å². The van der Waals surface area contributed by atoms with E-state index in [9.17, 15) is 4.79 Å². The van der Waals surface area contributed by atoms with Crippen LogP contribution in [0.5, 0.6) is 0 Å². The van der Waals surface area contributed by atoms with E-state index in [2.05, 4.69) is 31.4 Å². The third-order valence-corrected chi connectivity index (χ3v) is 2.38. The number of hydrogen-bond donors (Lipinski definition) is 2. The summed E-state index contributed by atoms with van der Waals surface area (Å²) in [6.07, 6.45) is 0. The molecule has 0 aromatic carbocycles. The standard InChI is InChI=1S/C10H22N2OS/c1-9(2,3)12-8(13)11-7-14-10(4,5)6/h7H2,1-6H3,(H2,11,12,13). The molecule has 84 valence electrons. The average molecular weight is 218 g/mol. The fourth-order valence-corrected chi connectivity index (χ4v) is 1.34. The van der Waals surface area contributed by atoms with Gasteiger partial charge in [0.25, 0.3) is 0 Å². The molecule has 4 heteroatoms. The largest absolute Gasteiger partial charge is 0.334 e. The lowest BCUT2D eigenvalue weighted by molar-refractivity contribution is 0.233. The van der Waals surface area contributed by atoms with Gasteiger partial charge in [-0.15, -0.1) is 11.8 Å². The molecule has 0 aromatic rings. The second kappa shape index (κ2) is 4.91. The normalized spacial score (nSPS) is 12.4. The van der Waals surface area contributed by atoms with Crippen molar-refractivity contribution < 1.29 is 4.79 Å². The molecule has 0 heterocycles. The molecule has 2 amide bonds. The van der Waals surface area contributed by atoms with Crippen LogP contribution in [0, 0.1) is 0 Å². The van der Waals surface area contributed by atoms with E-state index in [0.29, 0.717) is 5.88 Å². The summed E-state index contributed by atoms with van der Waals surface area (Å²) in [5.74, 6) is 0.644. The Balaban J connectivity index is 3.66. The quantitative estimate of drug-likeness (QED) is 0.699. The predicted molar refractivity (Wildman–Crippen MR) is 63.6 cm³/mol. The van der Waals surface area contributed by atoms with Crippen LogP contribution in [0.2, 0.25) is 0 Å². The summed E-state index contributed by atoms with van der Waals surface area (Å²) < 4.78 is 0.189. The minimum atomic E-state index is -0.170. The second-order valence-electron chi connectivity index (χ2n) is 5.28. The van der Waals surface area contributed by atoms with Crippen LogP contribution in [0.25, 0.3) is 0 Å². The van der Waals surface area contributed by atoms with Crippen LogP contribution in [0.3, 0.4) is 0 Å². The molecule has 0 radical (unpaired) electrons. The maximum absolute atomic E-state index is 11.3. The van der Waals surface area contributed by atoms with Gasteiger partial charge in [-0.1, -0.05) is 20.8 Å². The molecule has 0 unspecified atom stereocenters. The van der Waals surface area contributed by atoms with Gasteiger partial charge >= 0.3 is 6.03 Å². The molecule has 0 saturated heterocycles. The summed E-state index contributed by atoms with van der Waals surface area (Å²) in [5, 5.41) is 5.65. The van der Waals surface area contributed by atoms with Gasteiger partial charge in [-0.25, -0.2) is 4.79 Å². The number of hydrogen-bond acceptors (Lipinski definition) is 2. The summed E-state index contributed by atoms with van der Waals surface area (Å²) in [4.78, 5) is 11.3. The number of thioether (sulfide) groups is 1. The van der Waals surface area contributed by atoms with Crippen molar-refractivity contribution >= 4 is 17.8 Å². The number of urea groups is 1. The van der Waals surface area contributed by atoms with Gasteiger partial charge in [-0.3, -0.25) is 0 Å². The highest BCUT2D eigenvalue weighted by Crippen LogP contribution is 2.21. The molecular formula is C10H22N2OS. The topological polar surface area (TPSA) is 41.1 Å². The van der Waals surface area contributed by atoms with Crippen LogP contribution in [-0.2, 0) is 0 Å². The van der Waals surface area contributed by atoms with Gasteiger partial charge in [0.2, 0.25) is 0 Å². The highest BCUT2D eigenvalue weighted by Gasteiger charge is 2.14. The molecule has 0 atom stereocenters. The lowest BCUT2D eigenvalue weighted by atomic mass is 10.1. The van der Waals surface area contributed by atoms with E-state index in [1.807, 2.05) is 20.8 Å². The molecule has 0 spiro atoms. The molecule has 0 aliphatic rings. The van der Waals surface area contributed by atoms with Crippen LogP contribution < -0.4 is 10.6 Å². The molecule has 0 aliphatic heterocycles. The zero-order valence-corrected chi connectivity index (χ0v) is 10.8. The van der Waals surface area contributed by atoms with E-state index in [1.165, 1.54) is 0 Å². The first kappa shape index (κ1) is 13.6. The minimum absolute atomic E-state index is 0.103. The summed E-state index contributed by atoms with van der Waals surface area (Å²) in [7, 11) is 0. The minimum Gasteiger partial charge on any atom is -0.334 e. The zero-order valence-electron chi connectivity index (χ0n) is 10.0. The molecule has 2 N–H and O–H groups in total. The number of carbonyl (C=O) groups is 1. The number of carbonyl (C=O) groups excluding carboxylic acids is 1. The third kappa shape index (κ3) is 9.71. The lowest BCUT2D eigenvalue weighted by Crippen LogP contribution is -2.46. The van der Waals surface area contributed by atoms with Crippen molar-refractivity contribution in [3.8, 4) is 0 Å². The lowest BCUT2D eigenvalue weighted by Gasteiger charge is -2.22. The monoisotopic (exact) mass is 218 g/mol. The van der Waals surface area contributed by atoms with E-state index in [-0.39, 0.29) is 16.3 Å². The average Bonchev–Trinajstić information content (AvgIpc) is 1.78. The molecular weight excluding hydrogens is 196 g/mol. The van der Waals surface area contributed by atoms with Crippen molar-refractivity contribution in [1.29, 1.82) is 0 Å². The first-order valence-electron chi connectivity index (χ1n) is 4.80. The van der Waals surface area contributed by atoms with Gasteiger partial charge in [0, 0.05) is 10.3 Å². The zero-order chi connectivity index (χ0) is 11.4. The number of nitrogens with one attached hydrogen (secondary N) is 2. The highest BCUT2D eigenvalue weighted by atomic mass is 32.2. The Bertz CT molecular complexity index is 191. The van der Waals surface area contributed by atoms with Gasteiger partial charge in [-0.05, 0) is 20.8 Å². The van der Waals surface area contributed by atoms with Crippen LogP contribution >= 0.6 is 11.8 Å². The van der Waals surface area contributed by atoms with E-state index in [0.717, 1.165) is 0 Å². The van der Waals surface area contributed by atoms with Crippen molar-refractivity contribution in [3.63, 3.8) is 0 Å².